The third-order valence-corrected chi connectivity index (χ3v) is 5.89. The number of aryl methyl sites for hydroxylation is 1. The van der Waals surface area contributed by atoms with Gasteiger partial charge in [-0.1, -0.05) is 54.6 Å². The Balaban J connectivity index is 1.40. The molecule has 0 aliphatic rings. The lowest BCUT2D eigenvalue weighted by molar-refractivity contribution is 0.483. The summed E-state index contributed by atoms with van der Waals surface area (Å²) in [6, 6.07) is 26.3. The van der Waals surface area contributed by atoms with E-state index >= 15 is 0 Å². The quantitative estimate of drug-likeness (QED) is 0.325. The lowest BCUT2D eigenvalue weighted by Crippen LogP contribution is -1.92. The fraction of sp³-hybridized carbons (Fsp3) is 0.0400. The van der Waals surface area contributed by atoms with Crippen LogP contribution in [0.3, 0.4) is 0 Å². The zero-order valence-electron chi connectivity index (χ0n) is 16.4. The second-order valence-corrected chi connectivity index (χ2v) is 7.95. The van der Waals surface area contributed by atoms with Crippen LogP contribution in [-0.4, -0.2) is 14.5 Å². The topological polar surface area (TPSA) is 39.9 Å². The van der Waals surface area contributed by atoms with Crippen molar-refractivity contribution in [2.24, 2.45) is 7.05 Å². The lowest BCUT2D eigenvalue weighted by Gasteiger charge is -2.09. The summed E-state index contributed by atoms with van der Waals surface area (Å²) in [5.41, 5.74) is 3.24. The summed E-state index contributed by atoms with van der Waals surface area (Å²) in [6.45, 7) is 0. The molecule has 0 saturated heterocycles. The average molecular weight is 410 g/mol. The van der Waals surface area contributed by atoms with Crippen molar-refractivity contribution in [2.75, 3.05) is 0 Å². The van der Waals surface area contributed by atoms with Crippen LogP contribution in [0.5, 0.6) is 11.5 Å². The van der Waals surface area contributed by atoms with E-state index in [9.17, 15) is 0 Å². The molecule has 0 unspecified atom stereocenters. The summed E-state index contributed by atoms with van der Waals surface area (Å²) in [5, 5.41) is 0.973. The molecular formula is C25H19N3OS. The van der Waals surface area contributed by atoms with E-state index in [4.69, 9.17) is 4.74 Å². The molecule has 0 radical (unpaired) electrons. The van der Waals surface area contributed by atoms with Crippen LogP contribution in [0, 0.1) is 0 Å². The first-order valence-electron chi connectivity index (χ1n) is 9.63. The number of rotatable bonds is 5. The van der Waals surface area contributed by atoms with Gasteiger partial charge >= 0.3 is 0 Å². The van der Waals surface area contributed by atoms with Gasteiger partial charge in [-0.3, -0.25) is 0 Å². The Bertz CT molecular complexity index is 1290. The number of hydrogen-bond donors (Lipinski definition) is 0. The molecule has 5 heteroatoms. The lowest BCUT2D eigenvalue weighted by atomic mass is 10.2. The Morgan fingerprint density at radius 3 is 2.20 bits per heavy atom. The van der Waals surface area contributed by atoms with Crippen LogP contribution in [0.25, 0.3) is 32.4 Å². The highest BCUT2D eigenvalue weighted by Gasteiger charge is 2.09. The molecule has 3 aromatic carbocycles. The molecule has 0 saturated carbocycles. The van der Waals surface area contributed by atoms with Crippen molar-refractivity contribution in [2.45, 2.75) is 0 Å². The van der Waals surface area contributed by atoms with Crippen molar-refractivity contribution in [1.29, 1.82) is 0 Å². The number of thiazole rings is 1. The zero-order chi connectivity index (χ0) is 20.3. The minimum absolute atomic E-state index is 0.775. The maximum absolute atomic E-state index is 6.15. The van der Waals surface area contributed by atoms with Gasteiger partial charge in [0.2, 0.25) is 0 Å². The highest BCUT2D eigenvalue weighted by atomic mass is 32.1. The van der Waals surface area contributed by atoms with Gasteiger partial charge in [0.05, 0.1) is 4.88 Å². The van der Waals surface area contributed by atoms with Crippen molar-refractivity contribution in [3.8, 4) is 43.9 Å². The van der Waals surface area contributed by atoms with Crippen LogP contribution < -0.4 is 4.74 Å². The van der Waals surface area contributed by atoms with Gasteiger partial charge in [-0.2, -0.15) is 0 Å². The van der Waals surface area contributed by atoms with Gasteiger partial charge in [0.25, 0.3) is 0 Å². The van der Waals surface area contributed by atoms with Gasteiger partial charge < -0.3 is 9.30 Å². The highest BCUT2D eigenvalue weighted by molar-refractivity contribution is 7.18. The standard InChI is InChI=1S/C25H19N3OS/c1-28-14-13-26-24(28)19-9-5-11-21(15-19)29-22-12-6-10-20(16-22)25-27-17-23(30-25)18-7-3-2-4-8-18/h2-17H,1H3. The summed E-state index contributed by atoms with van der Waals surface area (Å²) in [4.78, 5) is 10.2. The van der Waals surface area contributed by atoms with Crippen molar-refractivity contribution in [3.05, 3.63) is 97.5 Å². The van der Waals surface area contributed by atoms with E-state index in [2.05, 4.69) is 28.2 Å². The highest BCUT2D eigenvalue weighted by Crippen LogP contribution is 2.34. The maximum atomic E-state index is 6.15. The number of ether oxygens (including phenoxy) is 1. The molecule has 0 bridgehead atoms. The number of hydrogen-bond acceptors (Lipinski definition) is 4. The van der Waals surface area contributed by atoms with Crippen molar-refractivity contribution in [3.63, 3.8) is 0 Å². The molecule has 2 heterocycles. The number of imidazole rings is 1. The van der Waals surface area contributed by atoms with Crippen LogP contribution in [0.15, 0.2) is 97.5 Å². The molecule has 0 atom stereocenters. The fourth-order valence-corrected chi connectivity index (χ4v) is 4.23. The predicted molar refractivity (Wildman–Crippen MR) is 122 cm³/mol. The van der Waals surface area contributed by atoms with E-state index in [0.717, 1.165) is 38.3 Å². The minimum Gasteiger partial charge on any atom is -0.457 e. The molecule has 146 valence electrons. The van der Waals surface area contributed by atoms with E-state index in [1.165, 1.54) is 5.56 Å². The van der Waals surface area contributed by atoms with E-state index < -0.39 is 0 Å². The number of aromatic nitrogens is 3. The van der Waals surface area contributed by atoms with Crippen LogP contribution in [0.4, 0.5) is 0 Å². The molecule has 0 spiro atoms. The van der Waals surface area contributed by atoms with Crippen molar-refractivity contribution in [1.82, 2.24) is 14.5 Å². The van der Waals surface area contributed by atoms with E-state index in [-0.39, 0.29) is 0 Å². The first-order chi connectivity index (χ1) is 14.8. The summed E-state index contributed by atoms with van der Waals surface area (Å²) in [6.07, 6.45) is 5.66. The first kappa shape index (κ1) is 18.3. The van der Waals surface area contributed by atoms with E-state index in [1.54, 1.807) is 17.5 Å². The van der Waals surface area contributed by atoms with E-state index in [0.29, 0.717) is 0 Å². The molecule has 0 fully saturated rings. The fourth-order valence-electron chi connectivity index (χ4n) is 3.31. The van der Waals surface area contributed by atoms with Crippen molar-refractivity contribution < 1.29 is 4.74 Å². The third-order valence-electron chi connectivity index (χ3n) is 4.79. The van der Waals surface area contributed by atoms with Gasteiger partial charge in [0, 0.05) is 36.8 Å². The van der Waals surface area contributed by atoms with Crippen LogP contribution >= 0.6 is 11.3 Å². The SMILES string of the molecule is Cn1ccnc1-c1cccc(Oc2cccc(-c3ncc(-c4ccccc4)s3)c2)c1. The van der Waals surface area contributed by atoms with Gasteiger partial charge in [-0.15, -0.1) is 11.3 Å². The molecule has 4 nitrogen and oxygen atoms in total. The normalized spacial score (nSPS) is 10.8. The summed E-state index contributed by atoms with van der Waals surface area (Å²) >= 11 is 1.68. The van der Waals surface area contributed by atoms with E-state index in [1.807, 2.05) is 84.7 Å². The molecular weight excluding hydrogens is 390 g/mol. The molecule has 5 aromatic rings. The second kappa shape index (κ2) is 7.97. The summed E-state index contributed by atoms with van der Waals surface area (Å²) < 4.78 is 8.14. The smallest absolute Gasteiger partial charge is 0.139 e. The number of benzene rings is 3. The van der Waals surface area contributed by atoms with Crippen molar-refractivity contribution >= 4 is 11.3 Å². The third kappa shape index (κ3) is 3.75. The Morgan fingerprint density at radius 2 is 1.47 bits per heavy atom. The Hall–Kier alpha value is -3.70. The Labute approximate surface area is 179 Å². The Morgan fingerprint density at radius 1 is 0.767 bits per heavy atom. The van der Waals surface area contributed by atoms with Gasteiger partial charge in [0.15, 0.2) is 0 Å². The largest absolute Gasteiger partial charge is 0.457 e. The van der Waals surface area contributed by atoms with Gasteiger partial charge in [0.1, 0.15) is 22.3 Å². The molecule has 30 heavy (non-hydrogen) atoms. The van der Waals surface area contributed by atoms with Gasteiger partial charge in [-0.25, -0.2) is 9.97 Å². The predicted octanol–water partition coefficient (Wildman–Crippen LogP) is 6.67. The summed E-state index contributed by atoms with van der Waals surface area (Å²) in [7, 11) is 1.98. The van der Waals surface area contributed by atoms with Crippen LogP contribution in [-0.2, 0) is 7.05 Å². The molecule has 0 aliphatic carbocycles. The van der Waals surface area contributed by atoms with Crippen LogP contribution in [0.2, 0.25) is 0 Å². The monoisotopic (exact) mass is 409 g/mol. The molecule has 5 rings (SSSR count). The minimum atomic E-state index is 0.775. The van der Waals surface area contributed by atoms with Crippen LogP contribution in [0.1, 0.15) is 0 Å². The maximum Gasteiger partial charge on any atom is 0.139 e. The molecule has 0 amide bonds. The zero-order valence-corrected chi connectivity index (χ0v) is 17.2. The first-order valence-corrected chi connectivity index (χ1v) is 10.5. The van der Waals surface area contributed by atoms with Gasteiger partial charge in [-0.05, 0) is 29.8 Å². The molecule has 0 aliphatic heterocycles. The number of nitrogens with zero attached hydrogens (tertiary/aromatic N) is 3. The Kier molecular flexibility index (Phi) is 4.87. The molecule has 0 N–H and O–H groups in total. The molecule has 2 aromatic heterocycles. The second-order valence-electron chi connectivity index (χ2n) is 6.92. The average Bonchev–Trinajstić information content (AvgIpc) is 3.44. The summed E-state index contributed by atoms with van der Waals surface area (Å²) in [5.74, 6) is 2.46.